The van der Waals surface area contributed by atoms with Gasteiger partial charge in [0.05, 0.1) is 34.4 Å². The van der Waals surface area contributed by atoms with E-state index < -0.39 is 17.6 Å². The standard InChI is InChI=1S/C41H48F2N10O4S/c1-27(2)36(51-17-12-28(13-18-51)30-7-10-35-37(23-30)50(4)49-38(35)53(16-5-21-54)41(55)45-3)11-8-29-22-34(9-6-31(29)24-44)58(56)52-19-14-32(15-20-52)48-40-46-25-33(26-47-40)57-39(42)43/h6-7,9-10,21-23,25-28,32,36,39H,5,12-20H2,1-4H3,(H,45,55)(H,46,47,48). The summed E-state index contributed by atoms with van der Waals surface area (Å²) < 4.78 is 46.6. The molecule has 2 aromatic carbocycles. The highest BCUT2D eigenvalue weighted by Gasteiger charge is 2.29. The molecule has 2 aliphatic heterocycles. The number of benzene rings is 2. The highest BCUT2D eigenvalue weighted by atomic mass is 32.2. The summed E-state index contributed by atoms with van der Waals surface area (Å²) in [5.41, 5.74) is 3.10. The second-order valence-electron chi connectivity index (χ2n) is 14.7. The summed E-state index contributed by atoms with van der Waals surface area (Å²) in [4.78, 5) is 36.3. The molecule has 2 aliphatic rings. The number of rotatable bonds is 13. The van der Waals surface area contributed by atoms with E-state index in [9.17, 15) is 27.8 Å². The fourth-order valence-electron chi connectivity index (χ4n) is 7.56. The monoisotopic (exact) mass is 814 g/mol. The molecule has 2 fully saturated rings. The lowest BCUT2D eigenvalue weighted by molar-refractivity contribution is -0.107. The summed E-state index contributed by atoms with van der Waals surface area (Å²) in [5.74, 6) is 8.03. The van der Waals surface area contributed by atoms with E-state index >= 15 is 0 Å². The van der Waals surface area contributed by atoms with Gasteiger partial charge in [0, 0.05) is 57.1 Å². The lowest BCUT2D eigenvalue weighted by Gasteiger charge is -2.37. The molecule has 0 spiro atoms. The van der Waals surface area contributed by atoms with Crippen molar-refractivity contribution in [3.05, 3.63) is 65.5 Å². The third-order valence-corrected chi connectivity index (χ3v) is 12.1. The van der Waals surface area contributed by atoms with Gasteiger partial charge >= 0.3 is 12.6 Å². The van der Waals surface area contributed by atoms with Crippen LogP contribution in [-0.2, 0) is 22.8 Å². The Morgan fingerprint density at radius 1 is 1.07 bits per heavy atom. The van der Waals surface area contributed by atoms with Gasteiger partial charge in [-0.3, -0.25) is 14.5 Å². The summed E-state index contributed by atoms with van der Waals surface area (Å²) in [6, 6.07) is 13.4. The number of piperidine rings is 2. The van der Waals surface area contributed by atoms with Gasteiger partial charge in [-0.2, -0.15) is 19.1 Å². The van der Waals surface area contributed by atoms with Gasteiger partial charge in [0.15, 0.2) is 11.6 Å². The van der Waals surface area contributed by atoms with E-state index in [2.05, 4.69) is 79.2 Å². The van der Waals surface area contributed by atoms with Crippen molar-refractivity contribution in [1.82, 2.24) is 34.3 Å². The first-order chi connectivity index (χ1) is 28.0. The number of hydrogen-bond acceptors (Lipinski definition) is 10. The number of likely N-dealkylation sites (tertiary alicyclic amines) is 1. The second kappa shape index (κ2) is 19.3. The summed E-state index contributed by atoms with van der Waals surface area (Å²) in [6.45, 7) is 4.35. The smallest absolute Gasteiger partial charge is 0.387 e. The van der Waals surface area contributed by atoms with Crippen molar-refractivity contribution < 1.29 is 27.3 Å². The first-order valence-electron chi connectivity index (χ1n) is 19.4. The van der Waals surface area contributed by atoms with Crippen molar-refractivity contribution in [2.24, 2.45) is 13.0 Å². The number of carbonyl (C=O) groups excluding carboxylic acids is 2. The molecule has 6 rings (SSSR count). The van der Waals surface area contributed by atoms with E-state index in [1.165, 1.54) is 22.9 Å². The van der Waals surface area contributed by atoms with Crippen molar-refractivity contribution >= 4 is 46.0 Å². The molecule has 2 saturated heterocycles. The van der Waals surface area contributed by atoms with Crippen LogP contribution in [0.25, 0.3) is 10.9 Å². The number of urea groups is 1. The Balaban J connectivity index is 1.08. The molecule has 0 saturated carbocycles. The lowest BCUT2D eigenvalue weighted by atomic mass is 9.87. The molecule has 2 amide bonds. The number of alkyl halides is 2. The number of nitrogens with zero attached hydrogens (tertiary/aromatic N) is 8. The Morgan fingerprint density at radius 3 is 2.43 bits per heavy atom. The molecule has 4 aromatic rings. The van der Waals surface area contributed by atoms with Crippen molar-refractivity contribution in [3.8, 4) is 23.7 Å². The number of fused-ring (bicyclic) bond motifs is 1. The van der Waals surface area contributed by atoms with Gasteiger partial charge in [-0.05, 0) is 86.5 Å². The van der Waals surface area contributed by atoms with Crippen molar-refractivity contribution in [2.75, 3.05) is 50.0 Å². The van der Waals surface area contributed by atoms with E-state index in [4.69, 9.17) is 0 Å². The summed E-state index contributed by atoms with van der Waals surface area (Å²) in [7, 11) is 1.95. The predicted octanol–water partition coefficient (Wildman–Crippen LogP) is 5.43. The molecular weight excluding hydrogens is 767 g/mol. The van der Waals surface area contributed by atoms with Crippen LogP contribution in [-0.4, -0.2) is 104 Å². The van der Waals surface area contributed by atoms with Gasteiger partial charge in [-0.15, -0.1) is 0 Å². The lowest BCUT2D eigenvalue weighted by Crippen LogP contribution is -2.43. The van der Waals surface area contributed by atoms with Crippen LogP contribution >= 0.6 is 0 Å². The zero-order valence-corrected chi connectivity index (χ0v) is 33.8. The third-order valence-electron chi connectivity index (χ3n) is 10.6. The minimum atomic E-state index is -2.95. The summed E-state index contributed by atoms with van der Waals surface area (Å²) in [6.07, 6.45) is 6.59. The first-order valence-corrected chi connectivity index (χ1v) is 20.5. The van der Waals surface area contributed by atoms with Gasteiger partial charge in [-0.25, -0.2) is 23.3 Å². The average Bonchev–Trinajstić information content (AvgIpc) is 3.56. The van der Waals surface area contributed by atoms with Crippen LogP contribution < -0.4 is 20.3 Å². The number of nitriles is 1. The molecule has 58 heavy (non-hydrogen) atoms. The first kappa shape index (κ1) is 42.1. The maximum atomic E-state index is 13.7. The van der Waals surface area contributed by atoms with Crippen LogP contribution in [0.1, 0.15) is 68.6 Å². The average molecular weight is 815 g/mol. The minimum absolute atomic E-state index is 0.0156. The van der Waals surface area contributed by atoms with E-state index in [0.29, 0.717) is 59.6 Å². The molecule has 2 atom stereocenters. The van der Waals surface area contributed by atoms with Gasteiger partial charge in [0.2, 0.25) is 5.95 Å². The van der Waals surface area contributed by atoms with Crippen LogP contribution in [0.2, 0.25) is 0 Å². The van der Waals surface area contributed by atoms with Gasteiger partial charge in [-0.1, -0.05) is 31.8 Å². The summed E-state index contributed by atoms with van der Waals surface area (Å²) in [5, 5.41) is 21.3. The van der Waals surface area contributed by atoms with E-state index in [1.807, 2.05) is 17.4 Å². The SMILES string of the molecule is CNC(=O)N(CCC=O)c1nn(C)c2cc(C3CCN(C(C#Cc4cc(S(=O)N5CCC(Nc6ncc(OC(F)F)cn6)CC5)ccc4C#N)C(C)C)CC3)ccc12. The molecule has 0 radical (unpaired) electrons. The number of aryl methyl sites for hydroxylation is 1. The van der Waals surface area contributed by atoms with Crippen LogP contribution in [0.5, 0.6) is 5.75 Å². The molecule has 4 heterocycles. The van der Waals surface area contributed by atoms with Crippen LogP contribution in [0.3, 0.4) is 0 Å². The van der Waals surface area contributed by atoms with Crippen LogP contribution in [0.15, 0.2) is 53.7 Å². The topological polar surface area (TPSA) is 162 Å². The van der Waals surface area contributed by atoms with Gasteiger partial charge in [0.1, 0.15) is 23.3 Å². The number of ether oxygens (including phenoxy) is 1. The van der Waals surface area contributed by atoms with Crippen molar-refractivity contribution in [3.63, 3.8) is 0 Å². The maximum Gasteiger partial charge on any atom is 0.387 e. The maximum absolute atomic E-state index is 13.7. The molecule has 14 nitrogen and oxygen atoms in total. The molecule has 2 N–H and O–H groups in total. The van der Waals surface area contributed by atoms with E-state index in [0.717, 1.165) is 43.1 Å². The fourth-order valence-corrected chi connectivity index (χ4v) is 8.80. The zero-order valence-electron chi connectivity index (χ0n) is 33.0. The second-order valence-corrected chi connectivity index (χ2v) is 16.2. The summed E-state index contributed by atoms with van der Waals surface area (Å²) >= 11 is 0. The number of carbonyl (C=O) groups is 2. The van der Waals surface area contributed by atoms with E-state index in [-0.39, 0.29) is 42.7 Å². The molecular formula is C41H48F2N10O4S. The number of hydrogen-bond donors (Lipinski definition) is 2. The molecule has 17 heteroatoms. The van der Waals surface area contributed by atoms with Crippen molar-refractivity contribution in [1.29, 1.82) is 5.26 Å². The number of aldehydes is 1. The van der Waals surface area contributed by atoms with Crippen LogP contribution in [0.4, 0.5) is 25.3 Å². The number of aromatic nitrogens is 4. The Morgan fingerprint density at radius 2 is 1.79 bits per heavy atom. The van der Waals surface area contributed by atoms with Gasteiger partial charge < -0.3 is 20.2 Å². The quantitative estimate of drug-likeness (QED) is 0.132. The Bertz CT molecular complexity index is 2200. The Kier molecular flexibility index (Phi) is 14.0. The normalized spacial score (nSPS) is 16.7. The van der Waals surface area contributed by atoms with Gasteiger partial charge in [0.25, 0.3) is 0 Å². The Hall–Kier alpha value is -5.49. The number of anilines is 2. The molecule has 2 aromatic heterocycles. The van der Waals surface area contributed by atoms with Crippen LogP contribution in [0, 0.1) is 29.1 Å². The molecule has 2 unspecified atom stereocenters. The number of nitrogens with one attached hydrogen (secondary N) is 2. The number of halogens is 2. The fraction of sp³-hybridized carbons (Fsp3) is 0.463. The van der Waals surface area contributed by atoms with Crippen molar-refractivity contribution in [2.45, 2.75) is 75.5 Å². The number of amides is 2. The highest BCUT2D eigenvalue weighted by Crippen LogP contribution is 2.34. The minimum Gasteiger partial charge on any atom is -0.432 e. The zero-order chi connectivity index (χ0) is 41.3. The predicted molar refractivity (Wildman–Crippen MR) is 217 cm³/mol. The van der Waals surface area contributed by atoms with E-state index in [1.54, 1.807) is 29.9 Å². The third kappa shape index (κ3) is 9.96. The molecule has 0 aliphatic carbocycles. The highest BCUT2D eigenvalue weighted by molar-refractivity contribution is 7.82. The largest absolute Gasteiger partial charge is 0.432 e. The Labute approximate surface area is 339 Å². The molecule has 306 valence electrons. The molecule has 0 bridgehead atoms.